The van der Waals surface area contributed by atoms with E-state index in [9.17, 15) is 4.79 Å². The number of hydrogen-bond acceptors (Lipinski definition) is 3. The van der Waals surface area contributed by atoms with E-state index in [1.165, 1.54) is 18.5 Å². The maximum Gasteiger partial charge on any atom is 0.337 e. The van der Waals surface area contributed by atoms with E-state index in [-0.39, 0.29) is 5.56 Å². The highest BCUT2D eigenvalue weighted by molar-refractivity contribution is 5.86. The highest BCUT2D eigenvalue weighted by Gasteiger charge is 1.97. The Morgan fingerprint density at radius 2 is 2.14 bits per heavy atom. The average Bonchev–Trinajstić information content (AvgIpc) is 2.21. The Balaban J connectivity index is 0.000000292. The largest absolute Gasteiger partial charge is 0.478 e. The molecule has 78 valence electrons. The van der Waals surface area contributed by atoms with Gasteiger partial charge in [-0.05, 0) is 25.2 Å². The monoisotopic (exact) mass is 196 g/mol. The first-order chi connectivity index (χ1) is 6.72. The van der Waals surface area contributed by atoms with Crippen LogP contribution in [0.2, 0.25) is 0 Å². The molecule has 0 spiro atoms. The summed E-state index contributed by atoms with van der Waals surface area (Å²) in [5.74, 6) is -0.942. The van der Waals surface area contributed by atoms with Gasteiger partial charge in [0.25, 0.3) is 0 Å². The second-order valence-corrected chi connectivity index (χ2v) is 2.50. The van der Waals surface area contributed by atoms with Crippen LogP contribution in [-0.4, -0.2) is 29.1 Å². The lowest BCUT2D eigenvalue weighted by molar-refractivity contribution is 0.0696. The van der Waals surface area contributed by atoms with Gasteiger partial charge >= 0.3 is 5.97 Å². The zero-order chi connectivity index (χ0) is 10.8. The number of carboxylic acids is 1. The van der Waals surface area contributed by atoms with Crippen LogP contribution in [0.5, 0.6) is 0 Å². The van der Waals surface area contributed by atoms with Crippen molar-refractivity contribution in [2.24, 2.45) is 0 Å². The van der Waals surface area contributed by atoms with Crippen molar-refractivity contribution in [3.05, 3.63) is 30.1 Å². The Morgan fingerprint density at radius 1 is 1.50 bits per heavy atom. The Bertz CT molecular complexity index is 248. The number of hydrogen-bond donors (Lipinski definition) is 2. The van der Waals surface area contributed by atoms with Gasteiger partial charge < -0.3 is 10.4 Å². The molecule has 0 aliphatic carbocycles. The van der Waals surface area contributed by atoms with Crippen LogP contribution in [-0.2, 0) is 0 Å². The number of aromatic nitrogens is 1. The molecule has 0 aromatic carbocycles. The Kier molecular flexibility index (Phi) is 7.36. The molecule has 0 saturated carbocycles. The van der Waals surface area contributed by atoms with Crippen LogP contribution < -0.4 is 5.32 Å². The van der Waals surface area contributed by atoms with Gasteiger partial charge in [-0.25, -0.2) is 4.79 Å². The summed E-state index contributed by atoms with van der Waals surface area (Å²) < 4.78 is 0. The molecule has 0 aliphatic heterocycles. The molecule has 0 radical (unpaired) electrons. The Hall–Kier alpha value is -1.42. The molecule has 0 saturated heterocycles. The van der Waals surface area contributed by atoms with Crippen LogP contribution in [0.1, 0.15) is 24.2 Å². The van der Waals surface area contributed by atoms with E-state index >= 15 is 0 Å². The number of carbonyl (C=O) groups is 1. The first-order valence-electron chi connectivity index (χ1n) is 4.56. The van der Waals surface area contributed by atoms with Crippen molar-refractivity contribution in [2.45, 2.75) is 13.8 Å². The molecular formula is C10H16N2O2. The van der Waals surface area contributed by atoms with Crippen molar-refractivity contribution in [1.29, 1.82) is 0 Å². The number of aromatic carboxylic acids is 1. The molecule has 0 atom stereocenters. The highest BCUT2D eigenvalue weighted by atomic mass is 16.4. The summed E-state index contributed by atoms with van der Waals surface area (Å²) in [6.45, 7) is 6.39. The fraction of sp³-hybridized carbons (Fsp3) is 0.400. The van der Waals surface area contributed by atoms with Crippen molar-refractivity contribution in [3.63, 3.8) is 0 Å². The van der Waals surface area contributed by atoms with Gasteiger partial charge in [-0.1, -0.05) is 13.8 Å². The standard InChI is InChI=1S/C6H5NO2.C4H11N/c8-6(9)5-2-1-3-7-4-5;1-3-5-4-2/h1-4H,(H,8,9);5H,3-4H2,1-2H3. The minimum Gasteiger partial charge on any atom is -0.478 e. The van der Waals surface area contributed by atoms with E-state index in [4.69, 9.17) is 5.11 Å². The summed E-state index contributed by atoms with van der Waals surface area (Å²) in [5, 5.41) is 11.5. The molecule has 4 heteroatoms. The van der Waals surface area contributed by atoms with Gasteiger partial charge in [-0.3, -0.25) is 4.98 Å². The molecule has 0 amide bonds. The third-order valence-corrected chi connectivity index (χ3v) is 1.41. The van der Waals surface area contributed by atoms with E-state index < -0.39 is 5.97 Å². The van der Waals surface area contributed by atoms with Crippen LogP contribution in [0.15, 0.2) is 24.5 Å². The third-order valence-electron chi connectivity index (χ3n) is 1.41. The predicted molar refractivity (Wildman–Crippen MR) is 55.4 cm³/mol. The van der Waals surface area contributed by atoms with Gasteiger partial charge in [0.15, 0.2) is 0 Å². The van der Waals surface area contributed by atoms with Gasteiger partial charge in [-0.15, -0.1) is 0 Å². The second-order valence-electron chi connectivity index (χ2n) is 2.50. The lowest BCUT2D eigenvalue weighted by Gasteiger charge is -1.87. The molecule has 0 aliphatic rings. The molecule has 1 aromatic rings. The van der Waals surface area contributed by atoms with Gasteiger partial charge in [0.1, 0.15) is 0 Å². The molecule has 1 aromatic heterocycles. The summed E-state index contributed by atoms with van der Waals surface area (Å²) >= 11 is 0. The zero-order valence-corrected chi connectivity index (χ0v) is 8.53. The first-order valence-corrected chi connectivity index (χ1v) is 4.56. The summed E-state index contributed by atoms with van der Waals surface area (Å²) in [7, 11) is 0. The summed E-state index contributed by atoms with van der Waals surface area (Å²) in [5.41, 5.74) is 0.220. The molecule has 0 unspecified atom stereocenters. The molecule has 4 nitrogen and oxygen atoms in total. The molecule has 1 heterocycles. The van der Waals surface area contributed by atoms with Gasteiger partial charge in [0.2, 0.25) is 0 Å². The van der Waals surface area contributed by atoms with Crippen LogP contribution in [0.25, 0.3) is 0 Å². The SMILES string of the molecule is CCNCC.O=C(O)c1cccnc1. The fourth-order valence-electron chi connectivity index (χ4n) is 0.739. The lowest BCUT2D eigenvalue weighted by atomic mass is 10.3. The second kappa shape index (κ2) is 8.19. The van der Waals surface area contributed by atoms with E-state index in [2.05, 4.69) is 24.1 Å². The molecule has 1 rings (SSSR count). The molecular weight excluding hydrogens is 180 g/mol. The van der Waals surface area contributed by atoms with E-state index in [1.54, 1.807) is 6.07 Å². The first kappa shape index (κ1) is 12.6. The number of nitrogens with one attached hydrogen (secondary N) is 1. The molecule has 14 heavy (non-hydrogen) atoms. The van der Waals surface area contributed by atoms with Gasteiger partial charge in [0, 0.05) is 12.4 Å². The fourth-order valence-corrected chi connectivity index (χ4v) is 0.739. The summed E-state index contributed by atoms with van der Waals surface area (Å²) in [4.78, 5) is 13.8. The minimum absolute atomic E-state index is 0.220. The summed E-state index contributed by atoms with van der Waals surface area (Å²) in [6, 6.07) is 3.08. The van der Waals surface area contributed by atoms with Crippen LogP contribution in [0.4, 0.5) is 0 Å². The maximum atomic E-state index is 10.2. The lowest BCUT2D eigenvalue weighted by Crippen LogP contribution is -2.09. The molecule has 2 N–H and O–H groups in total. The van der Waals surface area contributed by atoms with Crippen molar-refractivity contribution in [2.75, 3.05) is 13.1 Å². The van der Waals surface area contributed by atoms with E-state index in [0.29, 0.717) is 0 Å². The van der Waals surface area contributed by atoms with Gasteiger partial charge in [0.05, 0.1) is 5.56 Å². The van der Waals surface area contributed by atoms with Crippen molar-refractivity contribution < 1.29 is 9.90 Å². The summed E-state index contributed by atoms with van der Waals surface area (Å²) in [6.07, 6.45) is 2.84. The Morgan fingerprint density at radius 3 is 2.36 bits per heavy atom. The normalized spacial score (nSPS) is 8.71. The maximum absolute atomic E-state index is 10.2. The number of rotatable bonds is 3. The average molecular weight is 196 g/mol. The minimum atomic E-state index is -0.942. The Labute approximate surface area is 84.0 Å². The molecule has 0 bridgehead atoms. The van der Waals surface area contributed by atoms with E-state index in [0.717, 1.165) is 13.1 Å². The van der Waals surface area contributed by atoms with Crippen molar-refractivity contribution in [1.82, 2.24) is 10.3 Å². The number of pyridine rings is 1. The zero-order valence-electron chi connectivity index (χ0n) is 8.53. The highest BCUT2D eigenvalue weighted by Crippen LogP contribution is 1.92. The van der Waals surface area contributed by atoms with Crippen molar-refractivity contribution in [3.8, 4) is 0 Å². The number of nitrogens with zero attached hydrogens (tertiary/aromatic N) is 1. The van der Waals surface area contributed by atoms with Crippen molar-refractivity contribution >= 4 is 5.97 Å². The topological polar surface area (TPSA) is 62.2 Å². The van der Waals surface area contributed by atoms with Gasteiger partial charge in [-0.2, -0.15) is 0 Å². The van der Waals surface area contributed by atoms with Crippen LogP contribution in [0.3, 0.4) is 0 Å². The number of carboxylic acid groups (broad SMARTS) is 1. The molecule has 0 fully saturated rings. The smallest absolute Gasteiger partial charge is 0.337 e. The predicted octanol–water partition coefficient (Wildman–Crippen LogP) is 1.40. The quantitative estimate of drug-likeness (QED) is 0.767. The third kappa shape index (κ3) is 6.14. The van der Waals surface area contributed by atoms with Crippen LogP contribution >= 0.6 is 0 Å². The van der Waals surface area contributed by atoms with Crippen LogP contribution in [0, 0.1) is 0 Å². The van der Waals surface area contributed by atoms with E-state index in [1.807, 2.05) is 0 Å².